The topological polar surface area (TPSA) is 69.7 Å². The zero-order valence-corrected chi connectivity index (χ0v) is 22.2. The lowest BCUT2D eigenvalue weighted by Crippen LogP contribution is -2.37. The third kappa shape index (κ3) is 6.29. The Labute approximate surface area is 222 Å². The normalized spacial score (nSPS) is 12.8. The molecule has 36 heavy (non-hydrogen) atoms. The summed E-state index contributed by atoms with van der Waals surface area (Å²) in [5.74, 6) is -6.95. The van der Waals surface area contributed by atoms with Gasteiger partial charge in [-0.1, -0.05) is 65.1 Å². The molecule has 11 heteroatoms. The molecular weight excluding hydrogens is 557 g/mol. The highest BCUT2D eigenvalue weighted by Crippen LogP contribution is 2.38. The van der Waals surface area contributed by atoms with Crippen molar-refractivity contribution in [3.05, 3.63) is 92.4 Å². The maximum Gasteiger partial charge on any atom is 0.310 e. The van der Waals surface area contributed by atoms with Gasteiger partial charge in [0.15, 0.2) is 21.3 Å². The van der Waals surface area contributed by atoms with Gasteiger partial charge in [-0.2, -0.15) is 8.78 Å². The molecular formula is C25H21Cl3F2O5S. The molecule has 0 spiro atoms. The van der Waals surface area contributed by atoms with Crippen molar-refractivity contribution >= 4 is 50.4 Å². The highest BCUT2D eigenvalue weighted by molar-refractivity contribution is 7.92. The number of benzene rings is 3. The minimum atomic E-state index is -4.50. The Balaban J connectivity index is 1.97. The Hall–Kier alpha value is -2.39. The van der Waals surface area contributed by atoms with E-state index in [0.717, 1.165) is 0 Å². The number of rotatable bonds is 10. The van der Waals surface area contributed by atoms with Crippen LogP contribution in [0.3, 0.4) is 0 Å². The van der Waals surface area contributed by atoms with Crippen LogP contribution in [0.1, 0.15) is 21.9 Å². The number of ether oxygens (including phenoxy) is 2. The molecule has 192 valence electrons. The summed E-state index contributed by atoms with van der Waals surface area (Å²) in [5, 5.41) is -0.859. The fourth-order valence-corrected chi connectivity index (χ4v) is 6.03. The molecule has 0 heterocycles. The van der Waals surface area contributed by atoms with Gasteiger partial charge in [0.25, 0.3) is 0 Å². The molecule has 3 rings (SSSR count). The highest BCUT2D eigenvalue weighted by Gasteiger charge is 2.44. The number of carbonyl (C=O) groups is 1. The fraction of sp³-hybridized carbons (Fsp3) is 0.240. The quantitative estimate of drug-likeness (QED) is 0.271. The van der Waals surface area contributed by atoms with Crippen molar-refractivity contribution in [3.63, 3.8) is 0 Å². The maximum absolute atomic E-state index is 15.1. The van der Waals surface area contributed by atoms with Crippen LogP contribution in [-0.2, 0) is 21.1 Å². The molecule has 0 bridgehead atoms. The van der Waals surface area contributed by atoms with Gasteiger partial charge in [-0.3, -0.25) is 4.79 Å². The van der Waals surface area contributed by atoms with Crippen LogP contribution in [0.2, 0.25) is 15.1 Å². The average molecular weight is 578 g/mol. The van der Waals surface area contributed by atoms with Gasteiger partial charge in [0, 0.05) is 17.0 Å². The summed E-state index contributed by atoms with van der Waals surface area (Å²) in [6.45, 7) is 0. The summed E-state index contributed by atoms with van der Waals surface area (Å²) in [6.07, 6.45) is -1.07. The van der Waals surface area contributed by atoms with E-state index < -0.39 is 39.0 Å². The van der Waals surface area contributed by atoms with E-state index in [4.69, 9.17) is 44.3 Å². The smallest absolute Gasteiger partial charge is 0.310 e. The fourth-order valence-electron chi connectivity index (χ4n) is 3.72. The van der Waals surface area contributed by atoms with Gasteiger partial charge >= 0.3 is 5.92 Å². The van der Waals surface area contributed by atoms with Crippen molar-refractivity contribution in [2.75, 3.05) is 20.0 Å². The molecule has 0 aromatic heterocycles. The molecule has 0 aliphatic carbocycles. The van der Waals surface area contributed by atoms with E-state index in [-0.39, 0.29) is 38.2 Å². The van der Waals surface area contributed by atoms with E-state index >= 15 is 8.78 Å². The van der Waals surface area contributed by atoms with Gasteiger partial charge in [-0.05, 0) is 41.5 Å². The second-order valence-corrected chi connectivity index (χ2v) is 11.2. The third-order valence-corrected chi connectivity index (χ3v) is 8.33. The number of ketones is 1. The van der Waals surface area contributed by atoms with Crippen LogP contribution in [0.5, 0.6) is 11.5 Å². The van der Waals surface area contributed by atoms with Crippen molar-refractivity contribution in [3.8, 4) is 11.5 Å². The SMILES string of the molecule is COc1cccc(CC(F)(F)C(=O)CS(=O)(=O)C(c2ccc(Cl)cc2)c2ccc(Cl)c(Cl)c2)c1OC. The molecule has 0 aliphatic rings. The molecule has 0 saturated heterocycles. The Kier molecular flexibility index (Phi) is 8.88. The Morgan fingerprint density at radius 2 is 1.56 bits per heavy atom. The monoisotopic (exact) mass is 576 g/mol. The summed E-state index contributed by atoms with van der Waals surface area (Å²) in [5.41, 5.74) is 0.381. The summed E-state index contributed by atoms with van der Waals surface area (Å²) in [4.78, 5) is 12.7. The van der Waals surface area contributed by atoms with Gasteiger partial charge in [-0.15, -0.1) is 0 Å². The minimum absolute atomic E-state index is 0.00803. The Bertz CT molecular complexity index is 1360. The van der Waals surface area contributed by atoms with E-state index in [1.807, 2.05) is 0 Å². The molecule has 0 amide bonds. The van der Waals surface area contributed by atoms with Crippen LogP contribution in [-0.4, -0.2) is 40.1 Å². The standard InChI is InChI=1S/C25H21Cl3F2O5S/c1-34-21-5-3-4-17(23(21)35-2)13-25(29,30)22(31)14-36(32,33)24(15-6-9-18(26)10-7-15)16-8-11-19(27)20(28)12-16/h3-12,24H,13-14H2,1-2H3. The average Bonchev–Trinajstić information content (AvgIpc) is 2.81. The molecule has 5 nitrogen and oxygen atoms in total. The molecule has 1 unspecified atom stereocenters. The number of halogens is 5. The van der Waals surface area contributed by atoms with Crippen LogP contribution in [0, 0.1) is 0 Å². The van der Waals surface area contributed by atoms with Crippen LogP contribution in [0.4, 0.5) is 8.78 Å². The minimum Gasteiger partial charge on any atom is -0.493 e. The van der Waals surface area contributed by atoms with Crippen molar-refractivity contribution < 1.29 is 31.5 Å². The molecule has 0 N–H and O–H groups in total. The Morgan fingerprint density at radius 1 is 0.917 bits per heavy atom. The number of sulfone groups is 1. The lowest BCUT2D eigenvalue weighted by atomic mass is 10.0. The lowest BCUT2D eigenvalue weighted by Gasteiger charge is -2.22. The molecule has 0 saturated carbocycles. The van der Waals surface area contributed by atoms with E-state index in [2.05, 4.69) is 0 Å². The first-order valence-corrected chi connectivity index (χ1v) is 13.3. The zero-order valence-electron chi connectivity index (χ0n) is 19.1. The number of carbonyl (C=O) groups excluding carboxylic acids is 1. The van der Waals surface area contributed by atoms with Crippen molar-refractivity contribution in [2.24, 2.45) is 0 Å². The molecule has 3 aromatic carbocycles. The summed E-state index contributed by atoms with van der Waals surface area (Å²) in [7, 11) is -1.88. The van der Waals surface area contributed by atoms with E-state index in [1.54, 1.807) is 0 Å². The predicted molar refractivity (Wildman–Crippen MR) is 137 cm³/mol. The van der Waals surface area contributed by atoms with Gasteiger partial charge in [0.2, 0.25) is 5.78 Å². The maximum atomic E-state index is 15.1. The van der Waals surface area contributed by atoms with Crippen molar-refractivity contribution in [1.82, 2.24) is 0 Å². The lowest BCUT2D eigenvalue weighted by molar-refractivity contribution is -0.140. The second-order valence-electron chi connectivity index (χ2n) is 7.87. The number of methoxy groups -OCH3 is 2. The van der Waals surface area contributed by atoms with E-state index in [1.165, 1.54) is 74.9 Å². The van der Waals surface area contributed by atoms with E-state index in [0.29, 0.717) is 5.02 Å². The number of para-hydroxylation sites is 1. The second kappa shape index (κ2) is 11.3. The number of alkyl halides is 2. The number of hydrogen-bond donors (Lipinski definition) is 0. The zero-order chi connectivity index (χ0) is 26.7. The largest absolute Gasteiger partial charge is 0.493 e. The predicted octanol–water partition coefficient (Wildman–Crippen LogP) is 6.62. The molecule has 1 atom stereocenters. The Morgan fingerprint density at radius 3 is 2.14 bits per heavy atom. The van der Waals surface area contributed by atoms with Gasteiger partial charge < -0.3 is 9.47 Å². The van der Waals surface area contributed by atoms with Crippen molar-refractivity contribution in [2.45, 2.75) is 17.6 Å². The summed E-state index contributed by atoms with van der Waals surface area (Å²) >= 11 is 18.0. The first-order valence-electron chi connectivity index (χ1n) is 10.4. The first-order chi connectivity index (χ1) is 16.9. The van der Waals surface area contributed by atoms with Crippen molar-refractivity contribution in [1.29, 1.82) is 0 Å². The van der Waals surface area contributed by atoms with Crippen LogP contribution >= 0.6 is 34.8 Å². The third-order valence-electron chi connectivity index (χ3n) is 5.42. The highest BCUT2D eigenvalue weighted by atomic mass is 35.5. The number of Topliss-reactive ketones (excluding diaryl/α,β-unsaturated/α-hetero) is 1. The van der Waals surface area contributed by atoms with Crippen LogP contribution in [0.25, 0.3) is 0 Å². The van der Waals surface area contributed by atoms with E-state index in [9.17, 15) is 13.2 Å². The molecule has 0 fully saturated rings. The molecule has 3 aromatic rings. The number of hydrogen-bond acceptors (Lipinski definition) is 5. The van der Waals surface area contributed by atoms with Gasteiger partial charge in [0.05, 0.1) is 24.3 Å². The molecule has 0 radical (unpaired) electrons. The first kappa shape index (κ1) is 28.2. The molecule has 0 aliphatic heterocycles. The summed E-state index contributed by atoms with van der Waals surface area (Å²) < 4.78 is 67.3. The van der Waals surface area contributed by atoms with Crippen LogP contribution < -0.4 is 9.47 Å². The van der Waals surface area contributed by atoms with Crippen LogP contribution in [0.15, 0.2) is 60.7 Å². The summed E-state index contributed by atoms with van der Waals surface area (Å²) in [6, 6.07) is 14.3. The van der Waals surface area contributed by atoms with Gasteiger partial charge in [0.1, 0.15) is 11.0 Å². The van der Waals surface area contributed by atoms with Gasteiger partial charge in [-0.25, -0.2) is 8.42 Å².